The lowest BCUT2D eigenvalue weighted by atomic mass is 10.3. The van der Waals surface area contributed by atoms with Gasteiger partial charge in [0.25, 0.3) is 5.56 Å². The van der Waals surface area contributed by atoms with Crippen molar-refractivity contribution in [2.45, 2.75) is 6.92 Å². The summed E-state index contributed by atoms with van der Waals surface area (Å²) in [5.74, 6) is 0. The maximum Gasteiger partial charge on any atom is 0.270 e. The molecule has 0 bridgehead atoms. The molecule has 0 saturated carbocycles. The van der Waals surface area contributed by atoms with Crippen molar-refractivity contribution in [1.82, 2.24) is 3.96 Å². The largest absolute Gasteiger partial charge is 0.368 e. The van der Waals surface area contributed by atoms with Crippen LogP contribution in [0.1, 0.15) is 5.56 Å². The predicted molar refractivity (Wildman–Crippen MR) is 69.0 cm³/mol. The summed E-state index contributed by atoms with van der Waals surface area (Å²) in [5, 5.41) is 1.01. The molecule has 0 aliphatic heterocycles. The van der Waals surface area contributed by atoms with Crippen LogP contribution in [-0.2, 0) is 0 Å². The minimum Gasteiger partial charge on any atom is -0.368 e. The minimum absolute atomic E-state index is 0.0694. The number of nitrogens with zero attached hydrogens (tertiary/aromatic N) is 2. The summed E-state index contributed by atoms with van der Waals surface area (Å²) in [5.41, 5.74) is 1.80. The molecule has 16 heavy (non-hydrogen) atoms. The molecule has 1 heterocycles. The molecular formula is C12H14N2OS. The smallest absolute Gasteiger partial charge is 0.270 e. The summed E-state index contributed by atoms with van der Waals surface area (Å²) in [7, 11) is 3.90. The quantitative estimate of drug-likeness (QED) is 0.796. The first kappa shape index (κ1) is 11.0. The van der Waals surface area contributed by atoms with Gasteiger partial charge in [0.15, 0.2) is 0 Å². The Labute approximate surface area is 98.7 Å². The lowest BCUT2D eigenvalue weighted by Gasteiger charge is -2.08. The Kier molecular flexibility index (Phi) is 2.83. The van der Waals surface area contributed by atoms with Crippen molar-refractivity contribution in [3.63, 3.8) is 0 Å². The standard InChI is InChI=1S/C12H14N2OS/c1-9-11(15)14(16-12(9)13(2)3)10-7-5-4-6-8-10/h4-8H,1-3H3. The fourth-order valence-corrected chi connectivity index (χ4v) is 2.60. The average molecular weight is 234 g/mol. The van der Waals surface area contributed by atoms with Gasteiger partial charge in [0.05, 0.1) is 11.3 Å². The van der Waals surface area contributed by atoms with E-state index in [2.05, 4.69) is 0 Å². The van der Waals surface area contributed by atoms with E-state index in [9.17, 15) is 4.79 Å². The summed E-state index contributed by atoms with van der Waals surface area (Å²) in [6.45, 7) is 1.87. The van der Waals surface area contributed by atoms with Crippen molar-refractivity contribution >= 4 is 16.5 Å². The van der Waals surface area contributed by atoms with Gasteiger partial charge in [-0.05, 0) is 30.6 Å². The van der Waals surface area contributed by atoms with Gasteiger partial charge in [-0.3, -0.25) is 4.79 Å². The summed E-state index contributed by atoms with van der Waals surface area (Å²) >= 11 is 1.48. The topological polar surface area (TPSA) is 25.2 Å². The van der Waals surface area contributed by atoms with Gasteiger partial charge >= 0.3 is 0 Å². The molecule has 0 aliphatic rings. The second kappa shape index (κ2) is 4.14. The summed E-state index contributed by atoms with van der Waals surface area (Å²) in [4.78, 5) is 14.0. The molecule has 2 aromatic rings. The third kappa shape index (κ3) is 1.76. The van der Waals surface area contributed by atoms with Crippen molar-refractivity contribution in [2.75, 3.05) is 19.0 Å². The number of benzene rings is 1. The van der Waals surface area contributed by atoms with Crippen LogP contribution < -0.4 is 10.5 Å². The fraction of sp³-hybridized carbons (Fsp3) is 0.250. The number of hydrogen-bond acceptors (Lipinski definition) is 3. The third-order valence-electron chi connectivity index (χ3n) is 2.40. The molecule has 1 aromatic carbocycles. The Balaban J connectivity index is 2.60. The number of rotatable bonds is 2. The van der Waals surface area contributed by atoms with E-state index in [4.69, 9.17) is 0 Å². The lowest BCUT2D eigenvalue weighted by molar-refractivity contribution is 1.10. The van der Waals surface area contributed by atoms with E-state index in [1.54, 1.807) is 3.96 Å². The molecule has 0 N–H and O–H groups in total. The van der Waals surface area contributed by atoms with Crippen molar-refractivity contribution in [1.29, 1.82) is 0 Å². The highest BCUT2D eigenvalue weighted by Crippen LogP contribution is 2.23. The Bertz CT molecular complexity index is 540. The van der Waals surface area contributed by atoms with Crippen LogP contribution in [0.15, 0.2) is 35.1 Å². The van der Waals surface area contributed by atoms with E-state index in [-0.39, 0.29) is 5.56 Å². The molecule has 2 rings (SSSR count). The van der Waals surface area contributed by atoms with Crippen LogP contribution in [0.4, 0.5) is 5.00 Å². The first-order chi connectivity index (χ1) is 7.61. The molecule has 0 spiro atoms. The van der Waals surface area contributed by atoms with Gasteiger partial charge in [-0.15, -0.1) is 0 Å². The molecule has 1 aromatic heterocycles. The zero-order valence-corrected chi connectivity index (χ0v) is 10.4. The Morgan fingerprint density at radius 1 is 1.19 bits per heavy atom. The van der Waals surface area contributed by atoms with E-state index in [0.29, 0.717) is 0 Å². The predicted octanol–water partition coefficient (Wildman–Crippen LogP) is 2.27. The van der Waals surface area contributed by atoms with E-state index >= 15 is 0 Å². The molecule has 0 aliphatic carbocycles. The van der Waals surface area contributed by atoms with Crippen molar-refractivity contribution in [3.8, 4) is 5.69 Å². The van der Waals surface area contributed by atoms with Crippen LogP contribution in [-0.4, -0.2) is 18.1 Å². The third-order valence-corrected chi connectivity index (χ3v) is 3.80. The number of aromatic nitrogens is 1. The van der Waals surface area contributed by atoms with Gasteiger partial charge in [0, 0.05) is 14.1 Å². The summed E-state index contributed by atoms with van der Waals surface area (Å²) in [6, 6.07) is 9.70. The van der Waals surface area contributed by atoms with Gasteiger partial charge in [-0.25, -0.2) is 3.96 Å². The van der Waals surface area contributed by atoms with Gasteiger partial charge in [-0.1, -0.05) is 18.2 Å². The SMILES string of the molecule is Cc1c(N(C)C)sn(-c2ccccc2)c1=O. The molecule has 3 nitrogen and oxygen atoms in total. The summed E-state index contributed by atoms with van der Waals surface area (Å²) in [6.07, 6.45) is 0. The molecule has 84 valence electrons. The number of anilines is 1. The van der Waals surface area contributed by atoms with E-state index in [1.165, 1.54) is 11.5 Å². The Morgan fingerprint density at radius 3 is 2.31 bits per heavy atom. The van der Waals surface area contributed by atoms with E-state index in [1.807, 2.05) is 56.3 Å². The average Bonchev–Trinajstić information content (AvgIpc) is 2.58. The molecule has 0 saturated heterocycles. The normalized spacial score (nSPS) is 10.4. The first-order valence-electron chi connectivity index (χ1n) is 5.07. The van der Waals surface area contributed by atoms with Crippen molar-refractivity contribution in [2.24, 2.45) is 0 Å². The highest BCUT2D eigenvalue weighted by molar-refractivity contribution is 7.11. The zero-order chi connectivity index (χ0) is 11.7. The van der Waals surface area contributed by atoms with Crippen molar-refractivity contribution < 1.29 is 0 Å². The minimum atomic E-state index is 0.0694. The fourth-order valence-electron chi connectivity index (χ4n) is 1.59. The Hall–Kier alpha value is -1.55. The lowest BCUT2D eigenvalue weighted by Crippen LogP contribution is -2.14. The van der Waals surface area contributed by atoms with Crippen LogP contribution in [0.5, 0.6) is 0 Å². The number of para-hydroxylation sites is 1. The number of hydrogen-bond donors (Lipinski definition) is 0. The highest BCUT2D eigenvalue weighted by Gasteiger charge is 2.13. The molecular weight excluding hydrogens is 220 g/mol. The maximum atomic E-state index is 12.0. The molecule has 0 atom stereocenters. The Morgan fingerprint density at radius 2 is 1.81 bits per heavy atom. The van der Waals surface area contributed by atoms with Crippen LogP contribution >= 0.6 is 11.5 Å². The molecule has 0 amide bonds. The molecule has 0 fully saturated rings. The van der Waals surface area contributed by atoms with Crippen LogP contribution in [0.3, 0.4) is 0 Å². The molecule has 0 unspecified atom stereocenters. The van der Waals surface area contributed by atoms with Crippen molar-refractivity contribution in [3.05, 3.63) is 46.2 Å². The second-order valence-electron chi connectivity index (χ2n) is 3.85. The monoisotopic (exact) mass is 234 g/mol. The highest BCUT2D eigenvalue weighted by atomic mass is 32.1. The van der Waals surface area contributed by atoms with Crippen LogP contribution in [0.25, 0.3) is 5.69 Å². The second-order valence-corrected chi connectivity index (χ2v) is 4.79. The van der Waals surface area contributed by atoms with E-state index in [0.717, 1.165) is 16.3 Å². The van der Waals surface area contributed by atoms with Gasteiger partial charge in [0.1, 0.15) is 5.00 Å². The van der Waals surface area contributed by atoms with Crippen LogP contribution in [0, 0.1) is 6.92 Å². The van der Waals surface area contributed by atoms with Gasteiger partial charge in [0.2, 0.25) is 0 Å². The molecule has 4 heteroatoms. The molecule has 0 radical (unpaired) electrons. The summed E-state index contributed by atoms with van der Waals surface area (Å²) < 4.78 is 1.73. The van der Waals surface area contributed by atoms with Crippen LogP contribution in [0.2, 0.25) is 0 Å². The maximum absolute atomic E-state index is 12.0. The van der Waals surface area contributed by atoms with E-state index < -0.39 is 0 Å². The first-order valence-corrected chi connectivity index (χ1v) is 5.84. The van der Waals surface area contributed by atoms with Gasteiger partial charge in [-0.2, -0.15) is 0 Å². The van der Waals surface area contributed by atoms with Gasteiger partial charge < -0.3 is 4.90 Å². The zero-order valence-electron chi connectivity index (χ0n) is 9.60.